The van der Waals surface area contributed by atoms with Gasteiger partial charge in [-0.2, -0.15) is 0 Å². The largest absolute Gasteiger partial charge is 0.389 e. The summed E-state index contributed by atoms with van der Waals surface area (Å²) in [5.74, 6) is 0. The molecule has 1 N–H and O–H groups in total. The van der Waals surface area contributed by atoms with E-state index in [2.05, 4.69) is 10.3 Å². The molecule has 0 radical (unpaired) electrons. The first-order chi connectivity index (χ1) is 8.75. The predicted octanol–water partition coefficient (Wildman–Crippen LogP) is 1.51. The van der Waals surface area contributed by atoms with Gasteiger partial charge < -0.3 is 9.84 Å². The number of aliphatic hydroxyl groups excluding tert-OH is 1. The van der Waals surface area contributed by atoms with Crippen LogP contribution in [0.15, 0.2) is 36.7 Å². The van der Waals surface area contributed by atoms with Crippen LogP contribution in [0.3, 0.4) is 0 Å². The minimum absolute atomic E-state index is 0.227. The summed E-state index contributed by atoms with van der Waals surface area (Å²) in [4.78, 5) is 0. The first kappa shape index (κ1) is 13.0. The molecule has 0 unspecified atom stereocenters. The fourth-order valence-corrected chi connectivity index (χ4v) is 1.71. The Bertz CT molecular complexity index is 476. The fourth-order valence-electron chi connectivity index (χ4n) is 1.52. The fraction of sp³-hybridized carbons (Fsp3) is 0.333. The van der Waals surface area contributed by atoms with Crippen molar-refractivity contribution >= 4 is 11.6 Å². The second-order valence-corrected chi connectivity index (χ2v) is 4.29. The van der Waals surface area contributed by atoms with Gasteiger partial charge in [-0.3, -0.25) is 0 Å². The molecule has 6 heteroatoms. The quantitative estimate of drug-likeness (QED) is 0.862. The van der Waals surface area contributed by atoms with Crippen molar-refractivity contribution in [2.24, 2.45) is 0 Å². The zero-order valence-electron chi connectivity index (χ0n) is 9.74. The SMILES string of the molecule is O[C@H](COCc1ccccc1Cl)Cn1ccnn1. The Balaban J connectivity index is 1.74. The van der Waals surface area contributed by atoms with Crippen LogP contribution in [0.25, 0.3) is 0 Å². The molecule has 2 rings (SSSR count). The molecule has 0 saturated heterocycles. The molecule has 96 valence electrons. The third-order valence-corrected chi connectivity index (χ3v) is 2.76. The Hall–Kier alpha value is -1.43. The molecule has 1 aromatic heterocycles. The van der Waals surface area contributed by atoms with Gasteiger partial charge >= 0.3 is 0 Å². The van der Waals surface area contributed by atoms with Gasteiger partial charge in [0.15, 0.2) is 0 Å². The molecule has 1 aromatic carbocycles. The lowest BCUT2D eigenvalue weighted by Crippen LogP contribution is -2.22. The van der Waals surface area contributed by atoms with Gasteiger partial charge in [-0.1, -0.05) is 35.0 Å². The Morgan fingerprint density at radius 2 is 2.22 bits per heavy atom. The van der Waals surface area contributed by atoms with Crippen molar-refractivity contribution in [3.63, 3.8) is 0 Å². The van der Waals surface area contributed by atoms with Gasteiger partial charge in [0.1, 0.15) is 0 Å². The third kappa shape index (κ3) is 3.80. The monoisotopic (exact) mass is 267 g/mol. The molecule has 0 aliphatic carbocycles. The van der Waals surface area contributed by atoms with Crippen molar-refractivity contribution in [1.29, 1.82) is 0 Å². The Labute approximate surface area is 110 Å². The lowest BCUT2D eigenvalue weighted by molar-refractivity contribution is 0.0185. The van der Waals surface area contributed by atoms with E-state index in [1.807, 2.05) is 24.3 Å². The predicted molar refractivity (Wildman–Crippen MR) is 67.1 cm³/mol. The molecule has 2 aromatic rings. The van der Waals surface area contributed by atoms with Crippen LogP contribution in [0, 0.1) is 0 Å². The molecule has 0 saturated carbocycles. The number of benzene rings is 1. The number of hydrogen-bond acceptors (Lipinski definition) is 4. The minimum Gasteiger partial charge on any atom is -0.389 e. The van der Waals surface area contributed by atoms with E-state index in [0.29, 0.717) is 18.2 Å². The van der Waals surface area contributed by atoms with Crippen LogP contribution in [-0.2, 0) is 17.9 Å². The summed E-state index contributed by atoms with van der Waals surface area (Å²) in [6, 6.07) is 7.47. The van der Waals surface area contributed by atoms with Crippen molar-refractivity contribution in [2.45, 2.75) is 19.3 Å². The van der Waals surface area contributed by atoms with Crippen molar-refractivity contribution in [1.82, 2.24) is 15.0 Å². The summed E-state index contributed by atoms with van der Waals surface area (Å²) in [6.45, 7) is 0.974. The van der Waals surface area contributed by atoms with Crippen LogP contribution in [0.4, 0.5) is 0 Å². The van der Waals surface area contributed by atoms with Crippen molar-refractivity contribution in [3.05, 3.63) is 47.2 Å². The van der Waals surface area contributed by atoms with Crippen molar-refractivity contribution < 1.29 is 9.84 Å². The average molecular weight is 268 g/mol. The molecule has 18 heavy (non-hydrogen) atoms. The lowest BCUT2D eigenvalue weighted by Gasteiger charge is -2.11. The van der Waals surface area contributed by atoms with E-state index in [4.69, 9.17) is 16.3 Å². The van der Waals surface area contributed by atoms with Crippen LogP contribution < -0.4 is 0 Å². The summed E-state index contributed by atoms with van der Waals surface area (Å²) in [7, 11) is 0. The molecule has 5 nitrogen and oxygen atoms in total. The van der Waals surface area contributed by atoms with Gasteiger partial charge in [-0.25, -0.2) is 4.68 Å². The molecular weight excluding hydrogens is 254 g/mol. The molecule has 1 heterocycles. The maximum Gasteiger partial charge on any atom is 0.0969 e. The summed E-state index contributed by atoms with van der Waals surface area (Å²) >= 11 is 5.99. The van der Waals surface area contributed by atoms with Crippen LogP contribution in [0.5, 0.6) is 0 Å². The zero-order chi connectivity index (χ0) is 12.8. The van der Waals surface area contributed by atoms with E-state index >= 15 is 0 Å². The number of nitrogens with zero attached hydrogens (tertiary/aromatic N) is 3. The van der Waals surface area contributed by atoms with E-state index < -0.39 is 6.10 Å². The Kier molecular flexibility index (Phi) is 4.69. The van der Waals surface area contributed by atoms with Crippen LogP contribution in [0.2, 0.25) is 5.02 Å². The number of hydrogen-bond donors (Lipinski definition) is 1. The maximum absolute atomic E-state index is 9.72. The van der Waals surface area contributed by atoms with Crippen molar-refractivity contribution in [3.8, 4) is 0 Å². The van der Waals surface area contributed by atoms with Gasteiger partial charge in [0.25, 0.3) is 0 Å². The molecule has 1 atom stereocenters. The highest BCUT2D eigenvalue weighted by atomic mass is 35.5. The first-order valence-corrected chi connectivity index (χ1v) is 5.97. The van der Waals surface area contributed by atoms with Gasteiger partial charge in [-0.15, -0.1) is 5.10 Å². The smallest absolute Gasteiger partial charge is 0.0969 e. The average Bonchev–Trinajstić information content (AvgIpc) is 2.84. The van der Waals surface area contributed by atoms with Crippen LogP contribution in [0.1, 0.15) is 5.56 Å². The van der Waals surface area contributed by atoms with Crippen molar-refractivity contribution in [2.75, 3.05) is 6.61 Å². The first-order valence-electron chi connectivity index (χ1n) is 5.59. The number of halogens is 1. The highest BCUT2D eigenvalue weighted by Crippen LogP contribution is 2.15. The summed E-state index contributed by atoms with van der Waals surface area (Å²) < 4.78 is 6.97. The highest BCUT2D eigenvalue weighted by molar-refractivity contribution is 6.31. The number of rotatable bonds is 6. The minimum atomic E-state index is -0.616. The van der Waals surface area contributed by atoms with E-state index in [-0.39, 0.29) is 6.61 Å². The Morgan fingerprint density at radius 1 is 1.39 bits per heavy atom. The zero-order valence-corrected chi connectivity index (χ0v) is 10.5. The summed E-state index contributed by atoms with van der Waals surface area (Å²) in [5, 5.41) is 17.8. The second kappa shape index (κ2) is 6.49. The highest BCUT2D eigenvalue weighted by Gasteiger charge is 2.07. The van der Waals surface area contributed by atoms with Gasteiger partial charge in [0.2, 0.25) is 0 Å². The van der Waals surface area contributed by atoms with Gasteiger partial charge in [-0.05, 0) is 11.6 Å². The number of aliphatic hydroxyl groups is 1. The van der Waals surface area contributed by atoms with Gasteiger partial charge in [0, 0.05) is 11.2 Å². The maximum atomic E-state index is 9.72. The third-order valence-electron chi connectivity index (χ3n) is 2.40. The molecule has 0 bridgehead atoms. The molecule has 0 spiro atoms. The van der Waals surface area contributed by atoms with Crippen LogP contribution >= 0.6 is 11.6 Å². The molecule has 0 amide bonds. The molecular formula is C12H14ClN3O2. The van der Waals surface area contributed by atoms with E-state index in [9.17, 15) is 5.11 Å². The van der Waals surface area contributed by atoms with E-state index in [1.165, 1.54) is 0 Å². The lowest BCUT2D eigenvalue weighted by atomic mass is 10.2. The molecule has 0 aliphatic rings. The second-order valence-electron chi connectivity index (χ2n) is 3.89. The van der Waals surface area contributed by atoms with E-state index in [1.54, 1.807) is 17.1 Å². The number of aromatic nitrogens is 3. The van der Waals surface area contributed by atoms with E-state index in [0.717, 1.165) is 5.56 Å². The summed E-state index contributed by atoms with van der Waals surface area (Å²) in [5.41, 5.74) is 0.909. The van der Waals surface area contributed by atoms with Crippen LogP contribution in [-0.4, -0.2) is 32.8 Å². The molecule has 0 aliphatic heterocycles. The number of ether oxygens (including phenoxy) is 1. The Morgan fingerprint density at radius 3 is 2.94 bits per heavy atom. The van der Waals surface area contributed by atoms with Gasteiger partial charge in [0.05, 0.1) is 32.1 Å². The normalized spacial score (nSPS) is 12.6. The topological polar surface area (TPSA) is 60.2 Å². The molecule has 0 fully saturated rings. The standard InChI is InChI=1S/C12H14ClN3O2/c13-12-4-2-1-3-10(12)8-18-9-11(17)7-16-6-5-14-15-16/h1-6,11,17H,7-9H2/t11-/m0/s1. The summed E-state index contributed by atoms with van der Waals surface area (Å²) in [6.07, 6.45) is 2.64.